The van der Waals surface area contributed by atoms with Crippen LogP contribution in [0.25, 0.3) is 0 Å². The molecule has 1 saturated heterocycles. The molecule has 1 fully saturated rings. The molecule has 3 N–H and O–H groups in total. The van der Waals surface area contributed by atoms with E-state index < -0.39 is 24.6 Å². The monoisotopic (exact) mass is 288 g/mol. The highest BCUT2D eigenvalue weighted by Gasteiger charge is 2.37. The molecule has 20 heavy (non-hydrogen) atoms. The number of hydrogen-bond acceptors (Lipinski definition) is 5. The molecule has 5 heteroatoms. The minimum Gasteiger partial charge on any atom is -0.388 e. The third kappa shape index (κ3) is 6.33. The van der Waals surface area contributed by atoms with E-state index in [4.69, 9.17) is 9.47 Å². The van der Waals surface area contributed by atoms with Gasteiger partial charge in [0, 0.05) is 6.61 Å². The van der Waals surface area contributed by atoms with E-state index in [0.717, 1.165) is 19.3 Å². The molecule has 0 spiro atoms. The zero-order valence-electron chi connectivity index (χ0n) is 12.1. The summed E-state index contributed by atoms with van der Waals surface area (Å²) in [6.07, 6.45) is 5.64. The van der Waals surface area contributed by atoms with Gasteiger partial charge in [0.1, 0.15) is 18.3 Å². The standard InChI is InChI=1S/C15H28O5/c1-2-3-4-5-6-7-8-9-10-19-15-14(18)13(17)12(16)11-20-15/h2,12-18H,1,3-11H2/t12-,13+,14-,15+/m1/s1. The summed E-state index contributed by atoms with van der Waals surface area (Å²) in [5.74, 6) is 0. The highest BCUT2D eigenvalue weighted by Crippen LogP contribution is 2.17. The second kappa shape index (κ2) is 10.3. The predicted octanol–water partition coefficient (Wildman–Crippen LogP) is 1.36. The second-order valence-corrected chi connectivity index (χ2v) is 5.32. The van der Waals surface area contributed by atoms with Crippen LogP contribution in [0.3, 0.4) is 0 Å². The molecular weight excluding hydrogens is 260 g/mol. The van der Waals surface area contributed by atoms with Crippen molar-refractivity contribution in [3.8, 4) is 0 Å². The first kappa shape index (κ1) is 17.6. The first-order valence-electron chi connectivity index (χ1n) is 7.55. The summed E-state index contributed by atoms with van der Waals surface area (Å²) >= 11 is 0. The molecule has 0 amide bonds. The SMILES string of the molecule is C=CCCCCCCCCO[C@H]1OC[C@@H](O)[C@H](O)[C@H]1O. The number of hydrogen-bond donors (Lipinski definition) is 3. The molecule has 0 bridgehead atoms. The maximum atomic E-state index is 9.66. The van der Waals surface area contributed by atoms with Crippen LogP contribution in [0.5, 0.6) is 0 Å². The highest BCUT2D eigenvalue weighted by molar-refractivity contribution is 4.82. The second-order valence-electron chi connectivity index (χ2n) is 5.32. The number of ether oxygens (including phenoxy) is 2. The Hall–Kier alpha value is -0.460. The van der Waals surface area contributed by atoms with Gasteiger partial charge in [-0.05, 0) is 19.3 Å². The molecule has 1 aliphatic rings. The van der Waals surface area contributed by atoms with Gasteiger partial charge >= 0.3 is 0 Å². The molecular formula is C15H28O5. The Bertz CT molecular complexity index is 259. The van der Waals surface area contributed by atoms with Crippen molar-refractivity contribution in [3.05, 3.63) is 12.7 Å². The maximum absolute atomic E-state index is 9.66. The van der Waals surface area contributed by atoms with E-state index in [1.165, 1.54) is 25.7 Å². The Morgan fingerprint density at radius 3 is 2.35 bits per heavy atom. The van der Waals surface area contributed by atoms with Gasteiger partial charge in [-0.1, -0.05) is 31.8 Å². The first-order chi connectivity index (χ1) is 9.66. The Morgan fingerprint density at radius 2 is 1.65 bits per heavy atom. The molecule has 0 aromatic carbocycles. The molecule has 1 rings (SSSR count). The minimum atomic E-state index is -1.20. The van der Waals surface area contributed by atoms with Gasteiger partial charge < -0.3 is 24.8 Å². The predicted molar refractivity (Wildman–Crippen MR) is 76.2 cm³/mol. The summed E-state index contributed by atoms with van der Waals surface area (Å²) in [7, 11) is 0. The van der Waals surface area contributed by atoms with Crippen LogP contribution in [0.2, 0.25) is 0 Å². The molecule has 0 aliphatic carbocycles. The van der Waals surface area contributed by atoms with Gasteiger partial charge in [-0.2, -0.15) is 0 Å². The van der Waals surface area contributed by atoms with Crippen molar-refractivity contribution >= 4 is 0 Å². The van der Waals surface area contributed by atoms with E-state index in [2.05, 4.69) is 6.58 Å². The van der Waals surface area contributed by atoms with Crippen molar-refractivity contribution in [2.24, 2.45) is 0 Å². The van der Waals surface area contributed by atoms with Crippen molar-refractivity contribution in [1.29, 1.82) is 0 Å². The van der Waals surface area contributed by atoms with E-state index in [0.29, 0.717) is 6.61 Å². The lowest BCUT2D eigenvalue weighted by Crippen LogP contribution is -2.53. The molecule has 0 saturated carbocycles. The average Bonchev–Trinajstić information content (AvgIpc) is 2.45. The first-order valence-corrected chi connectivity index (χ1v) is 7.55. The van der Waals surface area contributed by atoms with Gasteiger partial charge in [-0.3, -0.25) is 0 Å². The third-order valence-electron chi connectivity index (χ3n) is 3.54. The molecule has 0 aromatic heterocycles. The zero-order chi connectivity index (χ0) is 14.8. The summed E-state index contributed by atoms with van der Waals surface area (Å²) in [6.45, 7) is 4.19. The van der Waals surface area contributed by atoms with E-state index in [1.807, 2.05) is 6.08 Å². The smallest absolute Gasteiger partial charge is 0.186 e. The lowest BCUT2D eigenvalue weighted by Gasteiger charge is -2.34. The largest absolute Gasteiger partial charge is 0.388 e. The van der Waals surface area contributed by atoms with Gasteiger partial charge in [-0.25, -0.2) is 0 Å². The molecule has 1 aliphatic heterocycles. The Balaban J connectivity index is 1.97. The fourth-order valence-electron chi connectivity index (χ4n) is 2.22. The maximum Gasteiger partial charge on any atom is 0.186 e. The van der Waals surface area contributed by atoms with E-state index in [-0.39, 0.29) is 6.61 Å². The Morgan fingerprint density at radius 1 is 1.00 bits per heavy atom. The zero-order valence-corrected chi connectivity index (χ0v) is 12.1. The van der Waals surface area contributed by atoms with Crippen molar-refractivity contribution < 1.29 is 24.8 Å². The number of aliphatic hydroxyl groups is 3. The van der Waals surface area contributed by atoms with E-state index in [9.17, 15) is 15.3 Å². The van der Waals surface area contributed by atoms with Crippen LogP contribution in [0, 0.1) is 0 Å². The quantitative estimate of drug-likeness (QED) is 0.418. The molecule has 4 atom stereocenters. The fourth-order valence-corrected chi connectivity index (χ4v) is 2.22. The van der Waals surface area contributed by atoms with Crippen molar-refractivity contribution in [2.75, 3.05) is 13.2 Å². The van der Waals surface area contributed by atoms with Gasteiger partial charge in [0.15, 0.2) is 6.29 Å². The third-order valence-corrected chi connectivity index (χ3v) is 3.54. The number of unbranched alkanes of at least 4 members (excludes halogenated alkanes) is 6. The van der Waals surface area contributed by atoms with Gasteiger partial charge in [-0.15, -0.1) is 6.58 Å². The number of rotatable bonds is 10. The molecule has 5 nitrogen and oxygen atoms in total. The van der Waals surface area contributed by atoms with Crippen LogP contribution >= 0.6 is 0 Å². The molecule has 118 valence electrons. The summed E-state index contributed by atoms with van der Waals surface area (Å²) in [5, 5.41) is 28.5. The highest BCUT2D eigenvalue weighted by atomic mass is 16.7. The summed E-state index contributed by atoms with van der Waals surface area (Å²) in [4.78, 5) is 0. The Kier molecular flexibility index (Phi) is 9.05. The number of aliphatic hydroxyl groups excluding tert-OH is 3. The Labute approximate surface area is 121 Å². The minimum absolute atomic E-state index is 0.00774. The summed E-state index contributed by atoms with van der Waals surface area (Å²) in [5.41, 5.74) is 0. The van der Waals surface area contributed by atoms with Gasteiger partial charge in [0.05, 0.1) is 6.61 Å². The normalized spacial score (nSPS) is 30.4. The average molecular weight is 288 g/mol. The van der Waals surface area contributed by atoms with Crippen LogP contribution in [0.4, 0.5) is 0 Å². The van der Waals surface area contributed by atoms with Crippen LogP contribution in [-0.4, -0.2) is 53.1 Å². The molecule has 0 unspecified atom stereocenters. The van der Waals surface area contributed by atoms with Crippen LogP contribution in [0.15, 0.2) is 12.7 Å². The fraction of sp³-hybridized carbons (Fsp3) is 0.867. The van der Waals surface area contributed by atoms with Crippen LogP contribution in [0.1, 0.15) is 44.9 Å². The lowest BCUT2D eigenvalue weighted by atomic mass is 10.1. The van der Waals surface area contributed by atoms with E-state index >= 15 is 0 Å². The van der Waals surface area contributed by atoms with Crippen molar-refractivity contribution in [2.45, 2.75) is 69.5 Å². The van der Waals surface area contributed by atoms with E-state index in [1.54, 1.807) is 0 Å². The summed E-state index contributed by atoms with van der Waals surface area (Å²) in [6, 6.07) is 0. The lowest BCUT2D eigenvalue weighted by molar-refractivity contribution is -0.270. The molecule has 1 heterocycles. The van der Waals surface area contributed by atoms with Crippen LogP contribution in [-0.2, 0) is 9.47 Å². The topological polar surface area (TPSA) is 79.2 Å². The number of allylic oxidation sites excluding steroid dienone is 1. The summed E-state index contributed by atoms with van der Waals surface area (Å²) < 4.78 is 10.6. The van der Waals surface area contributed by atoms with Crippen LogP contribution < -0.4 is 0 Å². The molecule has 0 radical (unpaired) electrons. The van der Waals surface area contributed by atoms with Crippen molar-refractivity contribution in [1.82, 2.24) is 0 Å². The molecule has 0 aromatic rings. The van der Waals surface area contributed by atoms with Crippen molar-refractivity contribution in [3.63, 3.8) is 0 Å². The van der Waals surface area contributed by atoms with Gasteiger partial charge in [0.25, 0.3) is 0 Å². The van der Waals surface area contributed by atoms with Gasteiger partial charge in [0.2, 0.25) is 0 Å².